The summed E-state index contributed by atoms with van der Waals surface area (Å²) in [5.41, 5.74) is 7.37. The van der Waals surface area contributed by atoms with Crippen molar-refractivity contribution in [2.45, 2.75) is 40.2 Å². The Bertz CT molecular complexity index is 556. The van der Waals surface area contributed by atoms with Gasteiger partial charge in [-0.2, -0.15) is 0 Å². The lowest BCUT2D eigenvalue weighted by Crippen LogP contribution is -2.25. The summed E-state index contributed by atoms with van der Waals surface area (Å²) in [4.78, 5) is 23.8. The van der Waals surface area contributed by atoms with Crippen molar-refractivity contribution in [3.63, 3.8) is 0 Å². The van der Waals surface area contributed by atoms with Crippen molar-refractivity contribution in [3.05, 3.63) is 28.3 Å². The lowest BCUT2D eigenvalue weighted by Gasteiger charge is -2.21. The molecule has 1 aromatic carbocycles. The molecule has 5 nitrogen and oxygen atoms in total. The van der Waals surface area contributed by atoms with Crippen molar-refractivity contribution in [1.82, 2.24) is 0 Å². The standard InChI is InChI=1S/C15H21NO4/c1-8-7-10(13(17)20-15(3,4)5)9(2)12(16)11(8)14(18)19-6/h7H,16H2,1-6H3. The van der Waals surface area contributed by atoms with E-state index in [1.54, 1.807) is 40.7 Å². The number of benzene rings is 1. The number of rotatable bonds is 2. The number of nitrogens with two attached hydrogens (primary N) is 1. The van der Waals surface area contributed by atoms with Crippen LogP contribution in [0.25, 0.3) is 0 Å². The quantitative estimate of drug-likeness (QED) is 0.665. The predicted molar refractivity (Wildman–Crippen MR) is 76.8 cm³/mol. The molecule has 0 atom stereocenters. The van der Waals surface area contributed by atoms with Crippen molar-refractivity contribution in [2.24, 2.45) is 0 Å². The minimum atomic E-state index is -0.590. The van der Waals surface area contributed by atoms with Gasteiger partial charge < -0.3 is 15.2 Å². The van der Waals surface area contributed by atoms with E-state index in [0.29, 0.717) is 16.7 Å². The zero-order chi connectivity index (χ0) is 15.7. The lowest BCUT2D eigenvalue weighted by atomic mass is 9.97. The molecule has 0 aromatic heterocycles. The van der Waals surface area contributed by atoms with Crippen LogP contribution in [-0.4, -0.2) is 24.6 Å². The summed E-state index contributed by atoms with van der Waals surface area (Å²) in [5, 5.41) is 0. The Balaban J connectivity index is 3.33. The first-order chi connectivity index (χ1) is 9.08. The van der Waals surface area contributed by atoms with E-state index in [1.807, 2.05) is 0 Å². The number of aryl methyl sites for hydroxylation is 1. The van der Waals surface area contributed by atoms with Gasteiger partial charge in [0.1, 0.15) is 5.60 Å². The molecule has 1 rings (SSSR count). The first kappa shape index (κ1) is 16.0. The topological polar surface area (TPSA) is 78.6 Å². The maximum atomic E-state index is 12.1. The largest absolute Gasteiger partial charge is 0.465 e. The van der Waals surface area contributed by atoms with Crippen LogP contribution in [0, 0.1) is 13.8 Å². The van der Waals surface area contributed by atoms with E-state index < -0.39 is 17.5 Å². The zero-order valence-corrected chi connectivity index (χ0v) is 12.8. The summed E-state index contributed by atoms with van der Waals surface area (Å²) in [7, 11) is 1.29. The van der Waals surface area contributed by atoms with Crippen molar-refractivity contribution >= 4 is 17.6 Å². The molecular weight excluding hydrogens is 258 g/mol. The summed E-state index contributed by atoms with van der Waals surface area (Å²) in [6.45, 7) is 8.76. The SMILES string of the molecule is COC(=O)c1c(C)cc(C(=O)OC(C)(C)C)c(C)c1N. The van der Waals surface area contributed by atoms with Gasteiger partial charge in [0.05, 0.1) is 23.9 Å². The van der Waals surface area contributed by atoms with E-state index in [0.717, 1.165) is 0 Å². The molecule has 0 heterocycles. The minimum Gasteiger partial charge on any atom is -0.465 e. The Morgan fingerprint density at radius 3 is 2.15 bits per heavy atom. The minimum absolute atomic E-state index is 0.248. The molecule has 0 aliphatic carbocycles. The summed E-state index contributed by atoms with van der Waals surface area (Å²) in [6.07, 6.45) is 0. The number of nitrogen functional groups attached to an aromatic ring is 1. The number of ether oxygens (including phenoxy) is 2. The number of carbonyl (C=O) groups is 2. The van der Waals surface area contributed by atoms with Gasteiger partial charge in [-0.3, -0.25) is 0 Å². The maximum Gasteiger partial charge on any atom is 0.340 e. The van der Waals surface area contributed by atoms with Gasteiger partial charge in [0, 0.05) is 0 Å². The lowest BCUT2D eigenvalue weighted by molar-refractivity contribution is 0.00682. The second-order valence-electron chi connectivity index (χ2n) is 5.65. The Kier molecular flexibility index (Phi) is 4.43. The fraction of sp³-hybridized carbons (Fsp3) is 0.467. The number of anilines is 1. The molecule has 1 aromatic rings. The molecule has 0 spiro atoms. The van der Waals surface area contributed by atoms with Gasteiger partial charge in [0.15, 0.2) is 0 Å². The molecule has 5 heteroatoms. The van der Waals surface area contributed by atoms with Crippen molar-refractivity contribution in [3.8, 4) is 0 Å². The average molecular weight is 279 g/mol. The Labute approximate surface area is 119 Å². The zero-order valence-electron chi connectivity index (χ0n) is 12.8. The van der Waals surface area contributed by atoms with E-state index in [9.17, 15) is 9.59 Å². The highest BCUT2D eigenvalue weighted by Gasteiger charge is 2.24. The van der Waals surface area contributed by atoms with E-state index in [1.165, 1.54) is 7.11 Å². The van der Waals surface area contributed by atoms with Gasteiger partial charge in [0.25, 0.3) is 0 Å². The van der Waals surface area contributed by atoms with E-state index in [2.05, 4.69) is 0 Å². The molecule has 0 fully saturated rings. The molecule has 0 aliphatic heterocycles. The van der Waals surface area contributed by atoms with Crippen LogP contribution in [0.5, 0.6) is 0 Å². The van der Waals surface area contributed by atoms with E-state index in [4.69, 9.17) is 15.2 Å². The normalized spacial score (nSPS) is 11.1. The summed E-state index contributed by atoms with van der Waals surface area (Å²) in [5.74, 6) is -0.972. The highest BCUT2D eigenvalue weighted by atomic mass is 16.6. The number of methoxy groups -OCH3 is 1. The van der Waals surface area contributed by atoms with Crippen molar-refractivity contribution in [1.29, 1.82) is 0 Å². The van der Waals surface area contributed by atoms with E-state index in [-0.39, 0.29) is 11.3 Å². The van der Waals surface area contributed by atoms with Crippen molar-refractivity contribution in [2.75, 3.05) is 12.8 Å². The second-order valence-corrected chi connectivity index (χ2v) is 5.65. The van der Waals surface area contributed by atoms with Crippen LogP contribution in [0.1, 0.15) is 52.6 Å². The molecule has 0 radical (unpaired) electrons. The van der Waals surface area contributed by atoms with Gasteiger partial charge in [-0.05, 0) is 51.8 Å². The predicted octanol–water partition coefficient (Wildman–Crippen LogP) is 2.63. The molecule has 0 saturated carbocycles. The molecule has 20 heavy (non-hydrogen) atoms. The fourth-order valence-corrected chi connectivity index (χ4v) is 1.86. The smallest absolute Gasteiger partial charge is 0.340 e. The molecule has 2 N–H and O–H groups in total. The molecule has 0 bridgehead atoms. The Morgan fingerprint density at radius 1 is 1.15 bits per heavy atom. The second kappa shape index (κ2) is 5.53. The molecule has 0 aliphatic rings. The third-order valence-electron chi connectivity index (χ3n) is 2.84. The maximum absolute atomic E-state index is 12.1. The number of esters is 2. The van der Waals surface area contributed by atoms with Crippen LogP contribution in [0.3, 0.4) is 0 Å². The molecule has 0 amide bonds. The van der Waals surface area contributed by atoms with Crippen LogP contribution in [0.2, 0.25) is 0 Å². The van der Waals surface area contributed by atoms with Crippen LogP contribution in [-0.2, 0) is 9.47 Å². The summed E-state index contributed by atoms with van der Waals surface area (Å²) >= 11 is 0. The monoisotopic (exact) mass is 279 g/mol. The Morgan fingerprint density at radius 2 is 1.70 bits per heavy atom. The fourth-order valence-electron chi connectivity index (χ4n) is 1.86. The first-order valence-corrected chi connectivity index (χ1v) is 6.29. The van der Waals surface area contributed by atoms with Crippen LogP contribution >= 0.6 is 0 Å². The van der Waals surface area contributed by atoms with Crippen LogP contribution < -0.4 is 5.73 Å². The highest BCUT2D eigenvalue weighted by molar-refractivity contribution is 6.01. The van der Waals surface area contributed by atoms with Gasteiger partial charge in [-0.25, -0.2) is 9.59 Å². The third kappa shape index (κ3) is 3.29. The van der Waals surface area contributed by atoms with E-state index >= 15 is 0 Å². The van der Waals surface area contributed by atoms with Crippen LogP contribution in [0.4, 0.5) is 5.69 Å². The third-order valence-corrected chi connectivity index (χ3v) is 2.84. The number of hydrogen-bond donors (Lipinski definition) is 1. The van der Waals surface area contributed by atoms with Gasteiger partial charge >= 0.3 is 11.9 Å². The molecule has 0 unspecified atom stereocenters. The highest BCUT2D eigenvalue weighted by Crippen LogP contribution is 2.27. The Hall–Kier alpha value is -2.04. The van der Waals surface area contributed by atoms with Gasteiger partial charge in [-0.15, -0.1) is 0 Å². The summed E-state index contributed by atoms with van der Waals surface area (Å²) in [6, 6.07) is 1.60. The van der Waals surface area contributed by atoms with Crippen LogP contribution in [0.15, 0.2) is 6.07 Å². The van der Waals surface area contributed by atoms with Crippen molar-refractivity contribution < 1.29 is 19.1 Å². The molecular formula is C15H21NO4. The molecule has 110 valence electrons. The number of carbonyl (C=O) groups excluding carboxylic acids is 2. The van der Waals surface area contributed by atoms with Gasteiger partial charge in [0.2, 0.25) is 0 Å². The average Bonchev–Trinajstić information content (AvgIpc) is 2.31. The van der Waals surface area contributed by atoms with Gasteiger partial charge in [-0.1, -0.05) is 0 Å². The molecule has 0 saturated heterocycles. The summed E-state index contributed by atoms with van der Waals surface area (Å²) < 4.78 is 10.0. The first-order valence-electron chi connectivity index (χ1n) is 6.29. The number of hydrogen-bond acceptors (Lipinski definition) is 5.